The van der Waals surface area contributed by atoms with Crippen LogP contribution in [0.25, 0.3) is 5.65 Å². The molecule has 2 aromatic rings. The summed E-state index contributed by atoms with van der Waals surface area (Å²) in [6, 6.07) is 1.85. The number of fused-ring (bicyclic) bond motifs is 1. The average molecular weight is 180 g/mol. The smallest absolute Gasteiger partial charge is 0.140 e. The van der Waals surface area contributed by atoms with Gasteiger partial charge in [0.15, 0.2) is 0 Å². The molecule has 2 heterocycles. The maximum atomic E-state index is 5.09. The lowest BCUT2D eigenvalue weighted by molar-refractivity contribution is 0.404. The number of hydrogen-bond acceptors (Lipinski definition) is 3. The molecule has 2 aromatic heterocycles. The van der Waals surface area contributed by atoms with E-state index in [9.17, 15) is 0 Å². The normalized spacial score (nSPS) is 10.5. The van der Waals surface area contributed by atoms with Gasteiger partial charge in [0, 0.05) is 24.7 Å². The fourth-order valence-corrected chi connectivity index (χ4v) is 1.38. The number of rotatable bonds is 1. The van der Waals surface area contributed by atoms with Gasteiger partial charge in [0.2, 0.25) is 0 Å². The quantitative estimate of drug-likeness (QED) is 0.675. The summed E-state index contributed by atoms with van der Waals surface area (Å²) in [5, 5.41) is 0. The molecule has 0 saturated carbocycles. The van der Waals surface area contributed by atoms with Gasteiger partial charge in [-0.3, -0.25) is 0 Å². The minimum atomic E-state index is 0.747. The third-order valence-corrected chi connectivity index (χ3v) is 2.03. The van der Waals surface area contributed by atoms with Crippen LogP contribution in [0.1, 0.15) is 0 Å². The van der Waals surface area contributed by atoms with Crippen LogP contribution in [0.15, 0.2) is 29.6 Å². The minimum absolute atomic E-state index is 0.747. The summed E-state index contributed by atoms with van der Waals surface area (Å²) in [7, 11) is 1.62. The molecule has 0 aliphatic carbocycles. The van der Waals surface area contributed by atoms with E-state index >= 15 is 0 Å². The summed E-state index contributed by atoms with van der Waals surface area (Å²) < 4.78 is 6.99. The van der Waals surface area contributed by atoms with Crippen LogP contribution in [0.3, 0.4) is 0 Å². The molecule has 12 heavy (non-hydrogen) atoms. The predicted molar refractivity (Wildman–Crippen MR) is 49.0 cm³/mol. The number of methoxy groups -OCH3 is 1. The summed E-state index contributed by atoms with van der Waals surface area (Å²) in [5.74, 6) is 0.747. The Morgan fingerprint density at radius 2 is 2.42 bits per heavy atom. The van der Waals surface area contributed by atoms with E-state index < -0.39 is 0 Å². The van der Waals surface area contributed by atoms with Gasteiger partial charge in [-0.2, -0.15) is 0 Å². The van der Waals surface area contributed by atoms with Crippen molar-refractivity contribution >= 4 is 18.3 Å². The molecule has 0 atom stereocenters. The lowest BCUT2D eigenvalue weighted by atomic mass is 10.4. The Labute approximate surface area is 75.4 Å². The van der Waals surface area contributed by atoms with Crippen LogP contribution in [0.4, 0.5) is 0 Å². The first-order valence-electron chi connectivity index (χ1n) is 3.51. The number of hydrogen-bond donors (Lipinski definition) is 1. The molecule has 3 nitrogen and oxygen atoms in total. The number of thiol groups is 1. The van der Waals surface area contributed by atoms with Crippen LogP contribution < -0.4 is 4.74 Å². The molecule has 0 unspecified atom stereocenters. The largest absolute Gasteiger partial charge is 0.495 e. The molecular formula is C8H8N2OS. The van der Waals surface area contributed by atoms with Crippen molar-refractivity contribution in [2.75, 3.05) is 7.11 Å². The van der Waals surface area contributed by atoms with E-state index in [4.69, 9.17) is 4.74 Å². The maximum absolute atomic E-state index is 5.09. The van der Waals surface area contributed by atoms with Crippen LogP contribution >= 0.6 is 12.6 Å². The molecule has 2 rings (SSSR count). The van der Waals surface area contributed by atoms with Gasteiger partial charge in [-0.15, -0.1) is 12.6 Å². The molecule has 0 aromatic carbocycles. The number of pyridine rings is 1. The van der Waals surface area contributed by atoms with Crippen LogP contribution in [-0.2, 0) is 0 Å². The zero-order valence-electron chi connectivity index (χ0n) is 6.56. The van der Waals surface area contributed by atoms with Gasteiger partial charge in [0.1, 0.15) is 11.4 Å². The van der Waals surface area contributed by atoms with Crippen LogP contribution in [0, 0.1) is 0 Å². The number of aromatic nitrogens is 2. The van der Waals surface area contributed by atoms with Crippen molar-refractivity contribution in [2.45, 2.75) is 4.90 Å². The maximum Gasteiger partial charge on any atom is 0.140 e. The molecule has 0 aliphatic heterocycles. The zero-order chi connectivity index (χ0) is 8.55. The van der Waals surface area contributed by atoms with Crippen molar-refractivity contribution in [3.8, 4) is 5.75 Å². The lowest BCUT2D eigenvalue weighted by Gasteiger charge is -2.03. The Hall–Kier alpha value is -1.16. The SMILES string of the molecule is COc1cc2nccn2cc1S. The first kappa shape index (κ1) is 7.49. The highest BCUT2D eigenvalue weighted by molar-refractivity contribution is 7.80. The zero-order valence-corrected chi connectivity index (χ0v) is 7.45. The number of ether oxygens (including phenoxy) is 1. The third kappa shape index (κ3) is 1.04. The van der Waals surface area contributed by atoms with Gasteiger partial charge >= 0.3 is 0 Å². The Balaban J connectivity index is 2.73. The summed E-state index contributed by atoms with van der Waals surface area (Å²) in [6.07, 6.45) is 5.47. The number of imidazole rings is 1. The van der Waals surface area contributed by atoms with Crippen molar-refractivity contribution in [2.24, 2.45) is 0 Å². The minimum Gasteiger partial charge on any atom is -0.495 e. The molecule has 0 N–H and O–H groups in total. The molecule has 0 spiro atoms. The Kier molecular flexibility index (Phi) is 1.69. The Bertz CT molecular complexity index is 410. The monoisotopic (exact) mass is 180 g/mol. The second-order valence-electron chi connectivity index (χ2n) is 2.42. The average Bonchev–Trinajstić information content (AvgIpc) is 2.49. The predicted octanol–water partition coefficient (Wildman–Crippen LogP) is 1.63. The van der Waals surface area contributed by atoms with Crippen molar-refractivity contribution in [3.63, 3.8) is 0 Å². The van der Waals surface area contributed by atoms with Gasteiger partial charge in [0.05, 0.1) is 12.0 Å². The fourth-order valence-electron chi connectivity index (χ4n) is 1.10. The molecule has 0 saturated heterocycles. The first-order valence-corrected chi connectivity index (χ1v) is 3.95. The van der Waals surface area contributed by atoms with E-state index in [1.807, 2.05) is 22.9 Å². The molecule has 0 bridgehead atoms. The molecule has 62 valence electrons. The topological polar surface area (TPSA) is 26.5 Å². The summed E-state index contributed by atoms with van der Waals surface area (Å²) in [4.78, 5) is 4.93. The van der Waals surface area contributed by atoms with E-state index in [1.165, 1.54) is 0 Å². The van der Waals surface area contributed by atoms with E-state index in [2.05, 4.69) is 17.6 Å². The van der Waals surface area contributed by atoms with Crippen molar-refractivity contribution in [3.05, 3.63) is 24.7 Å². The standard InChI is InChI=1S/C8H8N2OS/c1-11-6-4-8-9-2-3-10(8)5-7(6)12/h2-5,12H,1H3. The van der Waals surface area contributed by atoms with Gasteiger partial charge in [0.25, 0.3) is 0 Å². The highest BCUT2D eigenvalue weighted by Gasteiger charge is 2.01. The van der Waals surface area contributed by atoms with E-state index in [0.29, 0.717) is 0 Å². The number of nitrogens with zero attached hydrogens (tertiary/aromatic N) is 2. The summed E-state index contributed by atoms with van der Waals surface area (Å²) in [6.45, 7) is 0. The van der Waals surface area contributed by atoms with Gasteiger partial charge in [-0.1, -0.05) is 0 Å². The molecule has 0 radical (unpaired) electrons. The van der Waals surface area contributed by atoms with Crippen molar-refractivity contribution in [1.29, 1.82) is 0 Å². The highest BCUT2D eigenvalue weighted by atomic mass is 32.1. The fraction of sp³-hybridized carbons (Fsp3) is 0.125. The Morgan fingerprint density at radius 1 is 1.58 bits per heavy atom. The molecule has 0 fully saturated rings. The van der Waals surface area contributed by atoms with Gasteiger partial charge < -0.3 is 9.14 Å². The van der Waals surface area contributed by atoms with Gasteiger partial charge in [-0.05, 0) is 0 Å². The van der Waals surface area contributed by atoms with E-state index in [1.54, 1.807) is 13.3 Å². The third-order valence-electron chi connectivity index (χ3n) is 1.69. The van der Waals surface area contributed by atoms with Crippen molar-refractivity contribution in [1.82, 2.24) is 9.38 Å². The Morgan fingerprint density at radius 3 is 3.17 bits per heavy atom. The second-order valence-corrected chi connectivity index (χ2v) is 2.90. The van der Waals surface area contributed by atoms with E-state index in [-0.39, 0.29) is 0 Å². The second kappa shape index (κ2) is 2.71. The highest BCUT2D eigenvalue weighted by Crippen LogP contribution is 2.22. The molecule has 0 aliphatic rings. The first-order chi connectivity index (χ1) is 5.81. The molecule has 0 amide bonds. The lowest BCUT2D eigenvalue weighted by Crippen LogP contribution is -1.89. The van der Waals surface area contributed by atoms with Gasteiger partial charge in [-0.25, -0.2) is 4.98 Å². The molecular weight excluding hydrogens is 172 g/mol. The molecule has 4 heteroatoms. The van der Waals surface area contributed by atoms with E-state index in [0.717, 1.165) is 16.3 Å². The van der Waals surface area contributed by atoms with Crippen LogP contribution in [0.2, 0.25) is 0 Å². The summed E-state index contributed by atoms with van der Waals surface area (Å²) >= 11 is 4.26. The summed E-state index contributed by atoms with van der Waals surface area (Å²) in [5.41, 5.74) is 0.865. The van der Waals surface area contributed by atoms with Crippen LogP contribution in [0.5, 0.6) is 5.75 Å². The van der Waals surface area contributed by atoms with Crippen LogP contribution in [-0.4, -0.2) is 16.5 Å². The van der Waals surface area contributed by atoms with Crippen molar-refractivity contribution < 1.29 is 4.74 Å².